The number of rotatable bonds is 3. The average molecular weight is 332 g/mol. The molecule has 3 heterocycles. The fourth-order valence-corrected chi connectivity index (χ4v) is 4.98. The molecule has 1 aromatic heterocycles. The summed E-state index contributed by atoms with van der Waals surface area (Å²) in [5.74, 6) is 0.340. The Morgan fingerprint density at radius 2 is 2.04 bits per heavy atom. The fraction of sp³-hybridized carbons (Fsp3) is 0.789. The Morgan fingerprint density at radius 3 is 2.67 bits per heavy atom. The smallest absolute Gasteiger partial charge is 0.223 e. The van der Waals surface area contributed by atoms with E-state index in [1.54, 1.807) is 0 Å². The molecule has 2 aliphatic rings. The van der Waals surface area contributed by atoms with Crippen LogP contribution < -0.4 is 0 Å². The van der Waals surface area contributed by atoms with Crippen molar-refractivity contribution in [2.24, 2.45) is 7.05 Å². The number of likely N-dealkylation sites (N-methyl/N-ethyl adjacent to an activating group) is 1. The Balaban J connectivity index is 1.92. The van der Waals surface area contributed by atoms with Crippen LogP contribution in [0.15, 0.2) is 0 Å². The van der Waals surface area contributed by atoms with E-state index in [1.807, 2.05) is 11.7 Å². The predicted molar refractivity (Wildman–Crippen MR) is 95.8 cm³/mol. The normalized spacial score (nSPS) is 28.8. The lowest BCUT2D eigenvalue weighted by Crippen LogP contribution is -2.64. The summed E-state index contributed by atoms with van der Waals surface area (Å²) in [6.45, 7) is 11.6. The van der Waals surface area contributed by atoms with Crippen molar-refractivity contribution in [3.8, 4) is 0 Å². The summed E-state index contributed by atoms with van der Waals surface area (Å²) in [6, 6.07) is 0.455. The number of fused-ring (bicyclic) bond motifs is 1. The summed E-state index contributed by atoms with van der Waals surface area (Å²) < 4.78 is 1.99. The zero-order valence-electron chi connectivity index (χ0n) is 15.9. The summed E-state index contributed by atoms with van der Waals surface area (Å²) in [4.78, 5) is 17.3. The molecule has 2 aliphatic heterocycles. The molecule has 0 N–H and O–H groups in total. The van der Waals surface area contributed by atoms with E-state index in [4.69, 9.17) is 0 Å². The first-order valence-electron chi connectivity index (χ1n) is 9.42. The average Bonchev–Trinajstić information content (AvgIpc) is 2.69. The van der Waals surface area contributed by atoms with Crippen LogP contribution in [-0.2, 0) is 18.4 Å². The van der Waals surface area contributed by atoms with Crippen LogP contribution in [0.1, 0.15) is 62.9 Å². The first-order valence-corrected chi connectivity index (χ1v) is 9.42. The summed E-state index contributed by atoms with van der Waals surface area (Å²) >= 11 is 0. The van der Waals surface area contributed by atoms with Crippen LogP contribution in [0.25, 0.3) is 0 Å². The maximum absolute atomic E-state index is 12.5. The first-order chi connectivity index (χ1) is 11.4. The highest BCUT2D eigenvalue weighted by Crippen LogP contribution is 2.39. The minimum Gasteiger partial charge on any atom is -0.336 e. The van der Waals surface area contributed by atoms with E-state index in [-0.39, 0.29) is 5.54 Å². The van der Waals surface area contributed by atoms with Crippen molar-refractivity contribution in [3.63, 3.8) is 0 Å². The van der Waals surface area contributed by atoms with Gasteiger partial charge >= 0.3 is 0 Å². The number of piperidine rings is 1. The van der Waals surface area contributed by atoms with E-state index in [9.17, 15) is 4.79 Å². The summed E-state index contributed by atoms with van der Waals surface area (Å²) in [7, 11) is 2.02. The predicted octanol–water partition coefficient (Wildman–Crippen LogP) is 2.79. The molecule has 0 aromatic carbocycles. The van der Waals surface area contributed by atoms with Gasteiger partial charge in [0.15, 0.2) is 0 Å². The zero-order valence-corrected chi connectivity index (χ0v) is 15.9. The van der Waals surface area contributed by atoms with Crippen molar-refractivity contribution in [3.05, 3.63) is 17.0 Å². The van der Waals surface area contributed by atoms with Crippen molar-refractivity contribution < 1.29 is 4.79 Å². The molecule has 134 valence electrons. The van der Waals surface area contributed by atoms with Gasteiger partial charge in [0.2, 0.25) is 5.91 Å². The largest absolute Gasteiger partial charge is 0.336 e. The molecule has 0 aliphatic carbocycles. The third-order valence-corrected chi connectivity index (χ3v) is 6.42. The third kappa shape index (κ3) is 2.77. The molecule has 2 fully saturated rings. The van der Waals surface area contributed by atoms with Crippen LogP contribution in [0, 0.1) is 13.8 Å². The van der Waals surface area contributed by atoms with Gasteiger partial charge in [-0.3, -0.25) is 14.4 Å². The summed E-state index contributed by atoms with van der Waals surface area (Å²) in [5, 5.41) is 4.59. The molecule has 0 saturated carbocycles. The monoisotopic (exact) mass is 332 g/mol. The van der Waals surface area contributed by atoms with Gasteiger partial charge in [0.1, 0.15) is 0 Å². The Labute approximate surface area is 146 Å². The van der Waals surface area contributed by atoms with Crippen LogP contribution in [0.2, 0.25) is 0 Å². The van der Waals surface area contributed by atoms with Crippen LogP contribution in [-0.4, -0.2) is 50.2 Å². The molecule has 0 unspecified atom stereocenters. The van der Waals surface area contributed by atoms with E-state index in [2.05, 4.69) is 42.6 Å². The number of amides is 1. The number of nitrogens with zero attached hydrogens (tertiary/aromatic N) is 4. The van der Waals surface area contributed by atoms with Gasteiger partial charge in [-0.25, -0.2) is 0 Å². The SMILES string of the molecule is CCN1C(=O)CC[C@@H]2N(Cc3c(C)nn(C)c3C)CCCC[C@@]21C. The quantitative estimate of drug-likeness (QED) is 0.855. The van der Waals surface area contributed by atoms with E-state index < -0.39 is 0 Å². The number of likely N-dealkylation sites (tertiary alicyclic amines) is 2. The molecule has 0 spiro atoms. The maximum atomic E-state index is 12.5. The molecule has 0 radical (unpaired) electrons. The minimum atomic E-state index is -0.0232. The number of hydrogen-bond acceptors (Lipinski definition) is 3. The highest BCUT2D eigenvalue weighted by Gasteiger charge is 2.48. The van der Waals surface area contributed by atoms with Crippen LogP contribution in [0.3, 0.4) is 0 Å². The van der Waals surface area contributed by atoms with Crippen molar-refractivity contribution in [1.82, 2.24) is 19.6 Å². The Kier molecular flexibility index (Phi) is 4.73. The van der Waals surface area contributed by atoms with Gasteiger partial charge in [0.05, 0.1) is 11.2 Å². The van der Waals surface area contributed by atoms with E-state index in [1.165, 1.54) is 24.1 Å². The Morgan fingerprint density at radius 1 is 1.29 bits per heavy atom. The van der Waals surface area contributed by atoms with Gasteiger partial charge in [-0.2, -0.15) is 5.10 Å². The second-order valence-electron chi connectivity index (χ2n) is 7.75. The van der Waals surface area contributed by atoms with Gasteiger partial charge in [0.25, 0.3) is 0 Å². The van der Waals surface area contributed by atoms with Crippen molar-refractivity contribution in [2.45, 2.75) is 77.9 Å². The van der Waals surface area contributed by atoms with Gasteiger partial charge in [-0.05, 0) is 59.9 Å². The molecule has 5 nitrogen and oxygen atoms in total. The van der Waals surface area contributed by atoms with Crippen molar-refractivity contribution >= 4 is 5.91 Å². The lowest BCUT2D eigenvalue weighted by molar-refractivity contribution is -0.146. The first kappa shape index (κ1) is 17.5. The lowest BCUT2D eigenvalue weighted by Gasteiger charge is -2.52. The van der Waals surface area contributed by atoms with Crippen LogP contribution in [0.5, 0.6) is 0 Å². The highest BCUT2D eigenvalue weighted by atomic mass is 16.2. The zero-order chi connectivity index (χ0) is 17.5. The lowest BCUT2D eigenvalue weighted by atomic mass is 9.79. The van der Waals surface area contributed by atoms with Crippen molar-refractivity contribution in [2.75, 3.05) is 13.1 Å². The second kappa shape index (κ2) is 6.51. The van der Waals surface area contributed by atoms with Crippen LogP contribution >= 0.6 is 0 Å². The Hall–Kier alpha value is -1.36. The van der Waals surface area contributed by atoms with E-state index in [0.717, 1.165) is 38.2 Å². The standard InChI is InChI=1S/C19H32N4O/c1-6-23-18(24)10-9-17-19(23,4)11-7-8-12-22(17)13-16-14(2)20-21(5)15(16)3/h17H,6-13H2,1-5H3/t17-,19-/m0/s1. The van der Waals surface area contributed by atoms with Gasteiger partial charge in [-0.1, -0.05) is 0 Å². The number of carbonyl (C=O) groups excluding carboxylic acids is 1. The second-order valence-corrected chi connectivity index (χ2v) is 7.75. The topological polar surface area (TPSA) is 41.4 Å². The van der Waals surface area contributed by atoms with E-state index >= 15 is 0 Å². The van der Waals surface area contributed by atoms with E-state index in [0.29, 0.717) is 18.4 Å². The molecular weight excluding hydrogens is 300 g/mol. The molecule has 2 saturated heterocycles. The van der Waals surface area contributed by atoms with Crippen molar-refractivity contribution in [1.29, 1.82) is 0 Å². The molecule has 2 atom stereocenters. The fourth-order valence-electron chi connectivity index (χ4n) is 4.98. The Bertz CT molecular complexity index is 623. The van der Waals surface area contributed by atoms with Gasteiger partial charge < -0.3 is 4.90 Å². The van der Waals surface area contributed by atoms with Gasteiger partial charge in [-0.15, -0.1) is 0 Å². The summed E-state index contributed by atoms with van der Waals surface area (Å²) in [6.07, 6.45) is 5.23. The number of aryl methyl sites for hydroxylation is 2. The van der Waals surface area contributed by atoms with Gasteiger partial charge in [0, 0.05) is 43.9 Å². The summed E-state index contributed by atoms with van der Waals surface area (Å²) in [5.41, 5.74) is 3.74. The number of hydrogen-bond donors (Lipinski definition) is 0. The third-order valence-electron chi connectivity index (χ3n) is 6.42. The molecule has 3 rings (SSSR count). The van der Waals surface area contributed by atoms with Crippen LogP contribution in [0.4, 0.5) is 0 Å². The molecule has 5 heteroatoms. The number of aromatic nitrogens is 2. The molecular formula is C19H32N4O. The highest BCUT2D eigenvalue weighted by molar-refractivity contribution is 5.78. The molecule has 1 amide bonds. The molecule has 1 aromatic rings. The maximum Gasteiger partial charge on any atom is 0.223 e. The number of carbonyl (C=O) groups is 1. The minimum absolute atomic E-state index is 0.0232. The molecule has 0 bridgehead atoms. The molecule has 24 heavy (non-hydrogen) atoms.